The van der Waals surface area contributed by atoms with Gasteiger partial charge in [-0.3, -0.25) is 10.5 Å². The van der Waals surface area contributed by atoms with Crippen LogP contribution in [0.25, 0.3) is 0 Å². The van der Waals surface area contributed by atoms with Crippen molar-refractivity contribution in [2.75, 3.05) is 6.61 Å². The van der Waals surface area contributed by atoms with Crippen LogP contribution in [0, 0.1) is 0 Å². The third-order valence-corrected chi connectivity index (χ3v) is 1.51. The number of rotatable bonds is 6. The number of nitrogens with two attached hydrogens (primary N) is 2. The zero-order valence-electron chi connectivity index (χ0n) is 7.45. The summed E-state index contributed by atoms with van der Waals surface area (Å²) in [5.41, 5.74) is 8.42. The van der Waals surface area contributed by atoms with Gasteiger partial charge in [0, 0.05) is 19.4 Å². The molecule has 0 saturated heterocycles. The van der Waals surface area contributed by atoms with Crippen LogP contribution in [0.4, 0.5) is 0 Å². The fraction of sp³-hybridized carbons (Fsp3) is 0.714. The second kappa shape index (κ2) is 4.78. The van der Waals surface area contributed by atoms with Crippen molar-refractivity contribution in [3.05, 3.63) is 0 Å². The first-order valence-corrected chi connectivity index (χ1v) is 3.87. The molecule has 13 heavy (non-hydrogen) atoms. The molecule has 0 heterocycles. The van der Waals surface area contributed by atoms with Crippen LogP contribution in [0.15, 0.2) is 0 Å². The predicted octanol–water partition coefficient (Wildman–Crippen LogP) is -0.972. The van der Waals surface area contributed by atoms with Gasteiger partial charge in [0.25, 0.3) is 0 Å². The lowest BCUT2D eigenvalue weighted by Gasteiger charge is -2.23. The van der Waals surface area contributed by atoms with Gasteiger partial charge < -0.3 is 15.6 Å². The molecule has 1 unspecified atom stereocenters. The minimum atomic E-state index is -1.80. The maximum atomic E-state index is 10.6. The largest absolute Gasteiger partial charge is 0.478 e. The van der Waals surface area contributed by atoms with Crippen LogP contribution in [-0.4, -0.2) is 29.3 Å². The van der Waals surface area contributed by atoms with E-state index in [0.29, 0.717) is 0 Å². The van der Waals surface area contributed by atoms with E-state index in [1.807, 2.05) is 0 Å². The summed E-state index contributed by atoms with van der Waals surface area (Å²) in [5.74, 6) is -1.90. The number of hydrogen-bond donors (Lipinski definition) is 3. The molecule has 0 aliphatic heterocycles. The Morgan fingerprint density at radius 1 is 1.54 bits per heavy atom. The lowest BCUT2D eigenvalue weighted by molar-refractivity contribution is -0.166. The van der Waals surface area contributed by atoms with Gasteiger partial charge in [-0.1, -0.05) is 0 Å². The fourth-order valence-electron chi connectivity index (χ4n) is 0.807. The molecule has 0 aliphatic carbocycles. The molecule has 76 valence electrons. The number of amides is 1. The van der Waals surface area contributed by atoms with Crippen LogP contribution < -0.4 is 11.5 Å². The van der Waals surface area contributed by atoms with Gasteiger partial charge in [0.1, 0.15) is 0 Å². The number of aliphatic carboxylic acids is 1. The van der Waals surface area contributed by atoms with E-state index < -0.39 is 17.6 Å². The van der Waals surface area contributed by atoms with E-state index in [-0.39, 0.29) is 19.4 Å². The number of primary amides is 1. The van der Waals surface area contributed by atoms with Crippen molar-refractivity contribution >= 4 is 11.9 Å². The summed E-state index contributed by atoms with van der Waals surface area (Å²) in [7, 11) is 0. The zero-order valence-corrected chi connectivity index (χ0v) is 7.45. The molecular formula is C7H14N2O4. The van der Waals surface area contributed by atoms with Gasteiger partial charge in [-0.2, -0.15) is 0 Å². The first-order valence-electron chi connectivity index (χ1n) is 3.87. The molecule has 0 aromatic heterocycles. The van der Waals surface area contributed by atoms with Crippen LogP contribution in [0.1, 0.15) is 19.8 Å². The molecule has 0 saturated carbocycles. The molecule has 5 N–H and O–H groups in total. The molecule has 1 amide bonds. The Hall–Kier alpha value is -1.14. The molecule has 0 aliphatic rings. The Balaban J connectivity index is 4.24. The second-order valence-corrected chi connectivity index (χ2v) is 2.59. The Kier molecular flexibility index (Phi) is 4.36. The summed E-state index contributed by atoms with van der Waals surface area (Å²) >= 11 is 0. The van der Waals surface area contributed by atoms with E-state index in [4.69, 9.17) is 21.3 Å². The molecule has 0 aromatic rings. The van der Waals surface area contributed by atoms with Crippen molar-refractivity contribution in [1.82, 2.24) is 0 Å². The van der Waals surface area contributed by atoms with Gasteiger partial charge in [0.2, 0.25) is 11.6 Å². The Morgan fingerprint density at radius 2 is 2.08 bits per heavy atom. The second-order valence-electron chi connectivity index (χ2n) is 2.59. The molecule has 0 radical (unpaired) electrons. The topological polar surface area (TPSA) is 116 Å². The molecule has 1 atom stereocenters. The van der Waals surface area contributed by atoms with Crippen molar-refractivity contribution in [2.45, 2.75) is 25.5 Å². The average molecular weight is 190 g/mol. The van der Waals surface area contributed by atoms with Gasteiger partial charge in [0.15, 0.2) is 0 Å². The summed E-state index contributed by atoms with van der Waals surface area (Å²) in [5, 5.41) is 8.67. The SMILES string of the molecule is CCOC(N)(CCC(N)=O)C(=O)O. The highest BCUT2D eigenvalue weighted by molar-refractivity contribution is 5.79. The number of hydrogen-bond acceptors (Lipinski definition) is 4. The first kappa shape index (κ1) is 11.9. The van der Waals surface area contributed by atoms with Crippen molar-refractivity contribution in [2.24, 2.45) is 11.5 Å². The quantitative estimate of drug-likeness (QED) is 0.466. The number of carboxylic acids is 1. The van der Waals surface area contributed by atoms with E-state index >= 15 is 0 Å². The highest BCUT2D eigenvalue weighted by Gasteiger charge is 2.34. The smallest absolute Gasteiger partial charge is 0.351 e. The van der Waals surface area contributed by atoms with Gasteiger partial charge in [0.05, 0.1) is 0 Å². The third-order valence-electron chi connectivity index (χ3n) is 1.51. The molecule has 6 heteroatoms. The number of carbonyl (C=O) groups excluding carboxylic acids is 1. The number of carboxylic acid groups (broad SMARTS) is 1. The van der Waals surface area contributed by atoms with Crippen LogP contribution in [0.5, 0.6) is 0 Å². The molecule has 6 nitrogen and oxygen atoms in total. The monoisotopic (exact) mass is 190 g/mol. The summed E-state index contributed by atoms with van der Waals surface area (Å²) in [6.45, 7) is 1.79. The predicted molar refractivity (Wildman–Crippen MR) is 44.6 cm³/mol. The van der Waals surface area contributed by atoms with Crippen LogP contribution in [0.3, 0.4) is 0 Å². The Bertz CT molecular complexity index is 207. The normalized spacial score (nSPS) is 14.9. The maximum absolute atomic E-state index is 10.6. The molecular weight excluding hydrogens is 176 g/mol. The van der Waals surface area contributed by atoms with E-state index in [9.17, 15) is 9.59 Å². The third kappa shape index (κ3) is 3.86. The maximum Gasteiger partial charge on any atom is 0.351 e. The molecule has 0 rings (SSSR count). The molecule has 0 fully saturated rings. The number of carbonyl (C=O) groups is 2. The highest BCUT2D eigenvalue weighted by Crippen LogP contribution is 2.11. The standard InChI is InChI=1S/C7H14N2O4/c1-2-13-7(9,6(11)12)4-3-5(8)10/h2-4,9H2,1H3,(H2,8,10)(H,11,12). The van der Waals surface area contributed by atoms with E-state index in [0.717, 1.165) is 0 Å². The van der Waals surface area contributed by atoms with Gasteiger partial charge >= 0.3 is 5.97 Å². The highest BCUT2D eigenvalue weighted by atomic mass is 16.5. The minimum Gasteiger partial charge on any atom is -0.478 e. The van der Waals surface area contributed by atoms with Crippen molar-refractivity contribution in [3.63, 3.8) is 0 Å². The minimum absolute atomic E-state index is 0.108. The van der Waals surface area contributed by atoms with Crippen molar-refractivity contribution < 1.29 is 19.4 Å². The van der Waals surface area contributed by atoms with Gasteiger partial charge in [-0.25, -0.2) is 4.79 Å². The Labute approximate surface area is 75.8 Å². The van der Waals surface area contributed by atoms with Crippen LogP contribution in [0.2, 0.25) is 0 Å². The molecule has 0 spiro atoms. The summed E-state index contributed by atoms with van der Waals surface area (Å²) in [6.07, 6.45) is -0.228. The summed E-state index contributed by atoms with van der Waals surface area (Å²) < 4.78 is 4.81. The first-order chi connectivity index (χ1) is 5.92. The lowest BCUT2D eigenvalue weighted by Crippen LogP contribution is -2.51. The van der Waals surface area contributed by atoms with E-state index in [2.05, 4.69) is 0 Å². The fourth-order valence-corrected chi connectivity index (χ4v) is 0.807. The van der Waals surface area contributed by atoms with Gasteiger partial charge in [-0.05, 0) is 6.92 Å². The van der Waals surface area contributed by atoms with Crippen molar-refractivity contribution in [3.8, 4) is 0 Å². The van der Waals surface area contributed by atoms with Crippen molar-refractivity contribution in [1.29, 1.82) is 0 Å². The van der Waals surface area contributed by atoms with Crippen LogP contribution >= 0.6 is 0 Å². The zero-order chi connectivity index (χ0) is 10.5. The lowest BCUT2D eigenvalue weighted by atomic mass is 10.1. The van der Waals surface area contributed by atoms with Gasteiger partial charge in [-0.15, -0.1) is 0 Å². The summed E-state index contributed by atoms with van der Waals surface area (Å²) in [6, 6.07) is 0. The van der Waals surface area contributed by atoms with E-state index in [1.165, 1.54) is 0 Å². The van der Waals surface area contributed by atoms with Crippen LogP contribution in [-0.2, 0) is 14.3 Å². The number of ether oxygens (including phenoxy) is 1. The van der Waals surface area contributed by atoms with E-state index in [1.54, 1.807) is 6.92 Å². The average Bonchev–Trinajstić information content (AvgIpc) is 2.01. The molecule has 0 aromatic carbocycles. The molecule has 0 bridgehead atoms. The Morgan fingerprint density at radius 3 is 2.38 bits per heavy atom. The summed E-state index contributed by atoms with van der Waals surface area (Å²) in [4.78, 5) is 21.0.